The van der Waals surface area contributed by atoms with E-state index in [9.17, 15) is 5.11 Å². The Kier molecular flexibility index (Phi) is 4.28. The highest BCUT2D eigenvalue weighted by Gasteiger charge is 2.10. The molecule has 1 aromatic heterocycles. The lowest BCUT2D eigenvalue weighted by atomic mass is 10.0. The minimum absolute atomic E-state index is 0.00213. The first-order valence-electron chi connectivity index (χ1n) is 6.27. The third-order valence-electron chi connectivity index (χ3n) is 2.65. The zero-order valence-electron chi connectivity index (χ0n) is 11.4. The fourth-order valence-electron chi connectivity index (χ4n) is 1.80. The topological polar surface area (TPSA) is 79.0 Å². The van der Waals surface area contributed by atoms with Crippen molar-refractivity contribution in [2.45, 2.75) is 26.6 Å². The van der Waals surface area contributed by atoms with E-state index in [1.165, 1.54) is 6.20 Å². The van der Waals surface area contributed by atoms with Crippen molar-refractivity contribution in [3.8, 4) is 23.2 Å². The molecule has 0 aliphatic rings. The van der Waals surface area contributed by atoms with Crippen molar-refractivity contribution in [2.75, 3.05) is 0 Å². The van der Waals surface area contributed by atoms with E-state index in [1.54, 1.807) is 24.4 Å². The Labute approximate surface area is 117 Å². The van der Waals surface area contributed by atoms with Crippen molar-refractivity contribution in [3.63, 3.8) is 0 Å². The van der Waals surface area contributed by atoms with Gasteiger partial charge >= 0.3 is 0 Å². The average Bonchev–Trinajstić information content (AvgIpc) is 2.46. The molecule has 1 aromatic carbocycles. The van der Waals surface area contributed by atoms with Crippen LogP contribution in [-0.2, 0) is 6.61 Å². The van der Waals surface area contributed by atoms with E-state index in [4.69, 9.17) is 10.00 Å². The Morgan fingerprint density at radius 3 is 2.80 bits per heavy atom. The highest BCUT2D eigenvalue weighted by molar-refractivity contribution is 5.65. The van der Waals surface area contributed by atoms with E-state index >= 15 is 0 Å². The standard InChI is InChI=1S/C15H15N3O2/c1-10(2)20-15-8-17-7-14(18-15)13-5-11(6-16)3-4-12(13)9-19/h3-5,7-8,10,19H,9H2,1-2H3. The van der Waals surface area contributed by atoms with E-state index in [2.05, 4.69) is 16.0 Å². The van der Waals surface area contributed by atoms with Crippen molar-refractivity contribution in [3.05, 3.63) is 41.7 Å². The summed E-state index contributed by atoms with van der Waals surface area (Å²) in [5.74, 6) is 0.420. The molecule has 0 saturated carbocycles. The minimum atomic E-state index is -0.127. The predicted molar refractivity (Wildman–Crippen MR) is 73.9 cm³/mol. The zero-order chi connectivity index (χ0) is 14.5. The van der Waals surface area contributed by atoms with E-state index in [0.717, 1.165) is 0 Å². The summed E-state index contributed by atoms with van der Waals surface area (Å²) >= 11 is 0. The average molecular weight is 269 g/mol. The van der Waals surface area contributed by atoms with Gasteiger partial charge in [0.25, 0.3) is 0 Å². The third-order valence-corrected chi connectivity index (χ3v) is 2.65. The second-order valence-corrected chi connectivity index (χ2v) is 4.55. The molecule has 0 aliphatic heterocycles. The molecule has 0 spiro atoms. The largest absolute Gasteiger partial charge is 0.474 e. The number of hydrogen-bond acceptors (Lipinski definition) is 5. The highest BCUT2D eigenvalue weighted by atomic mass is 16.5. The van der Waals surface area contributed by atoms with Gasteiger partial charge in [-0.25, -0.2) is 4.98 Å². The summed E-state index contributed by atoms with van der Waals surface area (Å²) < 4.78 is 5.51. The molecular formula is C15H15N3O2. The van der Waals surface area contributed by atoms with E-state index < -0.39 is 0 Å². The normalized spacial score (nSPS) is 10.3. The van der Waals surface area contributed by atoms with Gasteiger partial charge in [0.05, 0.1) is 42.4 Å². The van der Waals surface area contributed by atoms with Crippen molar-refractivity contribution in [1.82, 2.24) is 9.97 Å². The van der Waals surface area contributed by atoms with Crippen molar-refractivity contribution in [2.24, 2.45) is 0 Å². The Morgan fingerprint density at radius 2 is 2.15 bits per heavy atom. The Balaban J connectivity index is 2.47. The van der Waals surface area contributed by atoms with Gasteiger partial charge in [-0.05, 0) is 31.5 Å². The molecular weight excluding hydrogens is 254 g/mol. The summed E-state index contributed by atoms with van der Waals surface area (Å²) in [6, 6.07) is 7.14. The molecule has 1 N–H and O–H groups in total. The molecule has 5 nitrogen and oxygen atoms in total. The van der Waals surface area contributed by atoms with Crippen LogP contribution in [0, 0.1) is 11.3 Å². The van der Waals surface area contributed by atoms with Crippen LogP contribution in [0.5, 0.6) is 5.88 Å². The number of nitrogens with zero attached hydrogens (tertiary/aromatic N) is 3. The lowest BCUT2D eigenvalue weighted by Gasteiger charge is -2.11. The van der Waals surface area contributed by atoms with Gasteiger partial charge in [-0.1, -0.05) is 6.07 Å². The molecule has 102 valence electrons. The van der Waals surface area contributed by atoms with E-state index in [0.29, 0.717) is 28.3 Å². The second kappa shape index (κ2) is 6.13. The molecule has 0 atom stereocenters. The Bertz CT molecular complexity index is 648. The highest BCUT2D eigenvalue weighted by Crippen LogP contribution is 2.24. The monoisotopic (exact) mass is 269 g/mol. The lowest BCUT2D eigenvalue weighted by Crippen LogP contribution is -2.07. The minimum Gasteiger partial charge on any atom is -0.474 e. The van der Waals surface area contributed by atoms with Crippen LogP contribution < -0.4 is 4.74 Å². The third kappa shape index (κ3) is 3.11. The molecule has 5 heteroatoms. The molecule has 0 amide bonds. The molecule has 0 aliphatic carbocycles. The smallest absolute Gasteiger partial charge is 0.233 e. The fraction of sp³-hybridized carbons (Fsp3) is 0.267. The Hall–Kier alpha value is -2.45. The van der Waals surface area contributed by atoms with Crippen LogP contribution in [0.4, 0.5) is 0 Å². The van der Waals surface area contributed by atoms with Gasteiger partial charge in [0.1, 0.15) is 0 Å². The van der Waals surface area contributed by atoms with Crippen molar-refractivity contribution >= 4 is 0 Å². The number of rotatable bonds is 4. The van der Waals surface area contributed by atoms with Crippen LogP contribution in [-0.4, -0.2) is 21.2 Å². The maximum Gasteiger partial charge on any atom is 0.233 e. The van der Waals surface area contributed by atoms with Crippen LogP contribution >= 0.6 is 0 Å². The van der Waals surface area contributed by atoms with E-state index in [1.807, 2.05) is 13.8 Å². The number of hydrogen-bond donors (Lipinski definition) is 1. The van der Waals surface area contributed by atoms with Gasteiger partial charge in [0.2, 0.25) is 5.88 Å². The molecule has 1 heterocycles. The predicted octanol–water partition coefficient (Wildman–Crippen LogP) is 2.29. The molecule has 2 aromatic rings. The summed E-state index contributed by atoms with van der Waals surface area (Å²) in [6.07, 6.45) is 3.13. The maximum absolute atomic E-state index is 9.40. The van der Waals surface area contributed by atoms with E-state index in [-0.39, 0.29) is 12.7 Å². The summed E-state index contributed by atoms with van der Waals surface area (Å²) in [5, 5.41) is 18.4. The molecule has 0 radical (unpaired) electrons. The SMILES string of the molecule is CC(C)Oc1cncc(-c2cc(C#N)ccc2CO)n1. The molecule has 20 heavy (non-hydrogen) atoms. The van der Waals surface area contributed by atoms with Gasteiger partial charge in [0.15, 0.2) is 0 Å². The molecule has 2 rings (SSSR count). The number of aliphatic hydroxyl groups excluding tert-OH is 1. The number of aliphatic hydroxyl groups is 1. The summed E-state index contributed by atoms with van der Waals surface area (Å²) in [4.78, 5) is 8.45. The first-order chi connectivity index (χ1) is 9.63. The molecule has 0 unspecified atom stereocenters. The number of ether oxygens (including phenoxy) is 1. The van der Waals surface area contributed by atoms with Crippen LogP contribution in [0.3, 0.4) is 0 Å². The quantitative estimate of drug-likeness (QED) is 0.921. The molecule has 0 bridgehead atoms. The van der Waals surface area contributed by atoms with Gasteiger partial charge in [-0.2, -0.15) is 5.26 Å². The van der Waals surface area contributed by atoms with Crippen LogP contribution in [0.1, 0.15) is 25.0 Å². The molecule has 0 saturated heterocycles. The molecule has 0 fully saturated rings. The summed E-state index contributed by atoms with van der Waals surface area (Å²) in [6.45, 7) is 3.69. The maximum atomic E-state index is 9.40. The van der Waals surface area contributed by atoms with Crippen molar-refractivity contribution < 1.29 is 9.84 Å². The van der Waals surface area contributed by atoms with Crippen LogP contribution in [0.15, 0.2) is 30.6 Å². The summed E-state index contributed by atoms with van der Waals surface area (Å²) in [7, 11) is 0. The zero-order valence-corrected chi connectivity index (χ0v) is 11.4. The number of benzene rings is 1. The van der Waals surface area contributed by atoms with Crippen LogP contribution in [0.25, 0.3) is 11.3 Å². The van der Waals surface area contributed by atoms with Gasteiger partial charge < -0.3 is 9.84 Å². The second-order valence-electron chi connectivity index (χ2n) is 4.55. The lowest BCUT2D eigenvalue weighted by molar-refractivity contribution is 0.232. The van der Waals surface area contributed by atoms with Gasteiger partial charge in [-0.3, -0.25) is 4.98 Å². The van der Waals surface area contributed by atoms with Crippen molar-refractivity contribution in [1.29, 1.82) is 5.26 Å². The Morgan fingerprint density at radius 1 is 1.35 bits per heavy atom. The first kappa shape index (κ1) is 14.0. The fourth-order valence-corrected chi connectivity index (χ4v) is 1.80. The first-order valence-corrected chi connectivity index (χ1v) is 6.27. The number of nitriles is 1. The summed E-state index contributed by atoms with van der Waals surface area (Å²) in [5.41, 5.74) is 2.46. The number of aromatic nitrogens is 2. The van der Waals surface area contributed by atoms with Gasteiger partial charge in [0, 0.05) is 5.56 Å². The van der Waals surface area contributed by atoms with Crippen LogP contribution in [0.2, 0.25) is 0 Å². The van der Waals surface area contributed by atoms with Gasteiger partial charge in [-0.15, -0.1) is 0 Å².